The van der Waals surface area contributed by atoms with Crippen LogP contribution in [-0.4, -0.2) is 79.4 Å². The number of piperazine rings is 1. The number of likely N-dealkylation sites (tertiary alicyclic amines) is 1. The highest BCUT2D eigenvalue weighted by Crippen LogP contribution is 2.25. The molecule has 2 fully saturated rings. The summed E-state index contributed by atoms with van der Waals surface area (Å²) in [6.45, 7) is 2.89. The Balaban J connectivity index is 1.35. The van der Waals surface area contributed by atoms with Crippen molar-refractivity contribution in [2.75, 3.05) is 45.0 Å². The van der Waals surface area contributed by atoms with Gasteiger partial charge in [0.15, 0.2) is 0 Å². The molecule has 4 rings (SSSR count). The Morgan fingerprint density at radius 2 is 1.42 bits per heavy atom. The van der Waals surface area contributed by atoms with Crippen LogP contribution in [0.15, 0.2) is 59.5 Å². The first-order valence-corrected chi connectivity index (χ1v) is 13.8. The van der Waals surface area contributed by atoms with Crippen molar-refractivity contribution in [3.63, 3.8) is 0 Å². The van der Waals surface area contributed by atoms with Crippen LogP contribution in [-0.2, 0) is 20.6 Å². The van der Waals surface area contributed by atoms with Crippen LogP contribution in [0.4, 0.5) is 0 Å². The Labute approximate surface area is 199 Å². The lowest BCUT2D eigenvalue weighted by Gasteiger charge is -2.34. The number of thioether (sulfide) groups is 1. The molecule has 2 aliphatic rings. The lowest BCUT2D eigenvalue weighted by Crippen LogP contribution is -2.50. The van der Waals surface area contributed by atoms with Crippen molar-refractivity contribution in [3.8, 4) is 0 Å². The molecular formula is C24H29N3O4S2. The third-order valence-electron chi connectivity index (χ3n) is 6.04. The molecule has 0 radical (unpaired) electrons. The van der Waals surface area contributed by atoms with E-state index in [0.29, 0.717) is 24.4 Å². The summed E-state index contributed by atoms with van der Waals surface area (Å²) in [5, 5.41) is 0. The van der Waals surface area contributed by atoms with Gasteiger partial charge >= 0.3 is 0 Å². The molecule has 9 heteroatoms. The van der Waals surface area contributed by atoms with Gasteiger partial charge in [-0.3, -0.25) is 9.59 Å². The smallest absolute Gasteiger partial charge is 0.255 e. The van der Waals surface area contributed by atoms with Gasteiger partial charge in [-0.05, 0) is 30.5 Å². The molecule has 0 unspecified atom stereocenters. The van der Waals surface area contributed by atoms with Crippen LogP contribution in [0, 0.1) is 0 Å². The largest absolute Gasteiger partial charge is 0.342 e. The van der Waals surface area contributed by atoms with Crippen LogP contribution < -0.4 is 0 Å². The molecule has 2 aliphatic heterocycles. The van der Waals surface area contributed by atoms with E-state index in [-0.39, 0.29) is 30.7 Å². The van der Waals surface area contributed by atoms with E-state index in [1.807, 2.05) is 41.3 Å². The lowest BCUT2D eigenvalue weighted by atomic mass is 10.2. The van der Waals surface area contributed by atoms with E-state index in [1.165, 1.54) is 16.1 Å². The number of benzene rings is 2. The molecule has 2 saturated heterocycles. The van der Waals surface area contributed by atoms with Gasteiger partial charge in [0.2, 0.25) is 15.9 Å². The molecule has 176 valence electrons. The Kier molecular flexibility index (Phi) is 7.72. The minimum atomic E-state index is -3.44. The summed E-state index contributed by atoms with van der Waals surface area (Å²) in [4.78, 5) is 30.0. The van der Waals surface area contributed by atoms with Crippen LogP contribution in [0.2, 0.25) is 0 Å². The summed E-state index contributed by atoms with van der Waals surface area (Å²) >= 11 is 1.40. The monoisotopic (exact) mass is 487 g/mol. The summed E-state index contributed by atoms with van der Waals surface area (Å²) in [5.74, 6) is 0.270. The molecule has 0 bridgehead atoms. The van der Waals surface area contributed by atoms with Crippen LogP contribution in [0.3, 0.4) is 0 Å². The predicted molar refractivity (Wildman–Crippen MR) is 130 cm³/mol. The Bertz CT molecular complexity index is 1080. The second kappa shape index (κ2) is 10.7. The molecule has 0 aliphatic carbocycles. The molecule has 0 N–H and O–H groups in total. The molecular weight excluding hydrogens is 458 g/mol. The topological polar surface area (TPSA) is 78.0 Å². The van der Waals surface area contributed by atoms with Gasteiger partial charge in [-0.1, -0.05) is 42.5 Å². The van der Waals surface area contributed by atoms with Crippen LogP contribution in [0.1, 0.15) is 28.8 Å². The van der Waals surface area contributed by atoms with Gasteiger partial charge in [0.1, 0.15) is 0 Å². The molecule has 2 heterocycles. The SMILES string of the molecule is O=C(CSc1ccccc1C(=O)N1CCN(S(=O)(=O)Cc2ccccc2)CC1)N1CCCC1. The summed E-state index contributed by atoms with van der Waals surface area (Å²) in [5.41, 5.74) is 1.32. The third-order valence-corrected chi connectivity index (χ3v) is 8.95. The van der Waals surface area contributed by atoms with Gasteiger partial charge in [0.25, 0.3) is 5.91 Å². The van der Waals surface area contributed by atoms with Crippen LogP contribution in [0.25, 0.3) is 0 Å². The van der Waals surface area contributed by atoms with Crippen molar-refractivity contribution >= 4 is 33.6 Å². The molecule has 2 aromatic rings. The summed E-state index contributed by atoms with van der Waals surface area (Å²) in [6, 6.07) is 16.5. The van der Waals surface area contributed by atoms with Crippen molar-refractivity contribution in [3.05, 3.63) is 65.7 Å². The summed E-state index contributed by atoms with van der Waals surface area (Å²) < 4.78 is 27.1. The highest BCUT2D eigenvalue weighted by molar-refractivity contribution is 8.00. The van der Waals surface area contributed by atoms with Gasteiger partial charge in [0, 0.05) is 44.2 Å². The minimum Gasteiger partial charge on any atom is -0.342 e. The minimum absolute atomic E-state index is 0.0354. The molecule has 0 atom stereocenters. The third kappa shape index (κ3) is 5.96. The van der Waals surface area contributed by atoms with Gasteiger partial charge in [-0.25, -0.2) is 8.42 Å². The zero-order valence-electron chi connectivity index (χ0n) is 18.6. The zero-order valence-corrected chi connectivity index (χ0v) is 20.2. The van der Waals surface area contributed by atoms with Crippen molar-refractivity contribution in [2.24, 2.45) is 0 Å². The molecule has 2 amide bonds. The number of hydrogen-bond acceptors (Lipinski definition) is 5. The molecule has 0 spiro atoms. The number of hydrogen-bond donors (Lipinski definition) is 0. The fraction of sp³-hybridized carbons (Fsp3) is 0.417. The van der Waals surface area contributed by atoms with Crippen LogP contribution >= 0.6 is 11.8 Å². The molecule has 0 aromatic heterocycles. The van der Waals surface area contributed by atoms with E-state index in [1.54, 1.807) is 23.1 Å². The number of nitrogens with zero attached hydrogens (tertiary/aromatic N) is 3. The summed E-state index contributed by atoms with van der Waals surface area (Å²) in [7, 11) is -3.44. The average Bonchev–Trinajstić information content (AvgIpc) is 3.38. The molecule has 2 aromatic carbocycles. The molecule has 0 saturated carbocycles. The fourth-order valence-electron chi connectivity index (χ4n) is 4.18. The van der Waals surface area contributed by atoms with Crippen molar-refractivity contribution < 1.29 is 18.0 Å². The molecule has 33 heavy (non-hydrogen) atoms. The Hall–Kier alpha value is -2.36. The maximum atomic E-state index is 13.2. The van der Waals surface area contributed by atoms with Gasteiger partial charge in [-0.2, -0.15) is 4.31 Å². The first-order valence-electron chi connectivity index (χ1n) is 11.2. The first kappa shape index (κ1) is 23.8. The highest BCUT2D eigenvalue weighted by Gasteiger charge is 2.30. The maximum Gasteiger partial charge on any atom is 0.255 e. The zero-order chi connectivity index (χ0) is 23.3. The quantitative estimate of drug-likeness (QED) is 0.561. The van der Waals surface area contributed by atoms with E-state index in [4.69, 9.17) is 0 Å². The van der Waals surface area contributed by atoms with E-state index in [9.17, 15) is 18.0 Å². The average molecular weight is 488 g/mol. The van der Waals surface area contributed by atoms with E-state index in [0.717, 1.165) is 36.4 Å². The highest BCUT2D eigenvalue weighted by atomic mass is 32.2. The van der Waals surface area contributed by atoms with Crippen LogP contribution in [0.5, 0.6) is 0 Å². The summed E-state index contributed by atoms with van der Waals surface area (Å²) in [6.07, 6.45) is 2.11. The number of rotatable bonds is 7. The number of carbonyl (C=O) groups is 2. The standard InChI is InChI=1S/C24H29N3O4S2/c28-23(25-12-6-7-13-25)18-32-22-11-5-4-10-21(22)24(29)26-14-16-27(17-15-26)33(30,31)19-20-8-2-1-3-9-20/h1-5,8-11H,6-7,12-19H2. The van der Waals surface area contributed by atoms with E-state index < -0.39 is 10.0 Å². The van der Waals surface area contributed by atoms with E-state index in [2.05, 4.69) is 0 Å². The number of amides is 2. The fourth-order valence-corrected chi connectivity index (χ4v) is 6.65. The second-order valence-electron chi connectivity index (χ2n) is 8.31. The van der Waals surface area contributed by atoms with Crippen molar-refractivity contribution in [1.82, 2.24) is 14.1 Å². The van der Waals surface area contributed by atoms with Crippen molar-refractivity contribution in [2.45, 2.75) is 23.5 Å². The van der Waals surface area contributed by atoms with E-state index >= 15 is 0 Å². The predicted octanol–water partition coefficient (Wildman–Crippen LogP) is 2.69. The van der Waals surface area contributed by atoms with Crippen molar-refractivity contribution in [1.29, 1.82) is 0 Å². The second-order valence-corrected chi connectivity index (χ2v) is 11.3. The molecule has 7 nitrogen and oxygen atoms in total. The number of carbonyl (C=O) groups excluding carboxylic acids is 2. The maximum absolute atomic E-state index is 13.2. The van der Waals surface area contributed by atoms with Gasteiger partial charge in [-0.15, -0.1) is 11.8 Å². The lowest BCUT2D eigenvalue weighted by molar-refractivity contribution is -0.127. The normalized spacial score (nSPS) is 17.3. The first-order chi connectivity index (χ1) is 15.9. The van der Waals surface area contributed by atoms with Gasteiger partial charge < -0.3 is 9.80 Å². The number of sulfonamides is 1. The Morgan fingerprint density at radius 1 is 0.788 bits per heavy atom. The Morgan fingerprint density at radius 3 is 2.12 bits per heavy atom. The van der Waals surface area contributed by atoms with Gasteiger partial charge in [0.05, 0.1) is 17.1 Å².